The van der Waals surface area contributed by atoms with Gasteiger partial charge in [0.2, 0.25) is 0 Å². The summed E-state index contributed by atoms with van der Waals surface area (Å²) in [7, 11) is -2.17. The Morgan fingerprint density at radius 1 is 1.20 bits per heavy atom. The zero-order chi connectivity index (χ0) is 18.2. The summed E-state index contributed by atoms with van der Waals surface area (Å²) in [6.07, 6.45) is 0.174. The maximum Gasteiger partial charge on any atom is 0.276 e. The lowest BCUT2D eigenvalue weighted by atomic mass is 10.1. The molecule has 0 amide bonds. The van der Waals surface area contributed by atoms with Crippen LogP contribution in [0.5, 0.6) is 0 Å². The first-order chi connectivity index (χ1) is 11.9. The second-order valence-corrected chi connectivity index (χ2v) is 7.72. The van der Waals surface area contributed by atoms with Crippen LogP contribution in [-0.4, -0.2) is 28.3 Å². The number of nitro groups is 1. The van der Waals surface area contributed by atoms with Crippen LogP contribution in [0.25, 0.3) is 11.0 Å². The van der Waals surface area contributed by atoms with Crippen molar-refractivity contribution in [1.82, 2.24) is 15.0 Å². The minimum atomic E-state index is -3.82. The minimum Gasteiger partial charge on any atom is -0.258 e. The highest BCUT2D eigenvalue weighted by Crippen LogP contribution is 2.40. The van der Waals surface area contributed by atoms with Crippen LogP contribution in [0.2, 0.25) is 0 Å². The van der Waals surface area contributed by atoms with E-state index >= 15 is 0 Å². The van der Waals surface area contributed by atoms with Gasteiger partial charge in [-0.15, -0.1) is 5.10 Å². The molecule has 0 aliphatic heterocycles. The highest BCUT2D eigenvalue weighted by atomic mass is 32.2. The summed E-state index contributed by atoms with van der Waals surface area (Å²) in [4.78, 5) is 11.1. The third-order valence-electron chi connectivity index (χ3n) is 4.14. The Morgan fingerprint density at radius 3 is 2.48 bits per heavy atom. The SMILES string of the molecule is CCC(c1c([N+](=O)[O-])ccc2c1nnn2C)S(=O)(=O)c1ccccc1. The van der Waals surface area contributed by atoms with Crippen molar-refractivity contribution < 1.29 is 13.3 Å². The van der Waals surface area contributed by atoms with Gasteiger partial charge in [0.1, 0.15) is 5.52 Å². The molecule has 9 heteroatoms. The predicted octanol–water partition coefficient (Wildman–Crippen LogP) is 2.80. The van der Waals surface area contributed by atoms with Gasteiger partial charge in [0.05, 0.1) is 26.1 Å². The summed E-state index contributed by atoms with van der Waals surface area (Å²) >= 11 is 0. The van der Waals surface area contributed by atoms with Crippen molar-refractivity contribution >= 4 is 26.6 Å². The topological polar surface area (TPSA) is 108 Å². The van der Waals surface area contributed by atoms with Gasteiger partial charge in [-0.2, -0.15) is 0 Å². The fourth-order valence-corrected chi connectivity index (χ4v) is 4.79. The number of nitro benzene ring substituents is 1. The molecule has 0 fully saturated rings. The molecular formula is C16H16N4O4S. The molecule has 1 atom stereocenters. The van der Waals surface area contributed by atoms with E-state index in [0.717, 1.165) is 0 Å². The van der Waals surface area contributed by atoms with E-state index in [1.54, 1.807) is 32.2 Å². The molecule has 0 spiro atoms. The molecule has 0 saturated heterocycles. The second kappa shape index (κ2) is 6.25. The Kier molecular flexibility index (Phi) is 4.25. The third kappa shape index (κ3) is 2.76. The first-order valence-electron chi connectivity index (χ1n) is 7.63. The quantitative estimate of drug-likeness (QED) is 0.511. The molecule has 0 saturated carbocycles. The van der Waals surface area contributed by atoms with Crippen LogP contribution in [0.15, 0.2) is 47.4 Å². The van der Waals surface area contributed by atoms with Gasteiger partial charge >= 0.3 is 0 Å². The van der Waals surface area contributed by atoms with Crippen molar-refractivity contribution in [2.75, 3.05) is 0 Å². The largest absolute Gasteiger partial charge is 0.276 e. The van der Waals surface area contributed by atoms with Crippen molar-refractivity contribution in [1.29, 1.82) is 0 Å². The maximum absolute atomic E-state index is 13.1. The van der Waals surface area contributed by atoms with E-state index in [2.05, 4.69) is 10.3 Å². The number of sulfone groups is 1. The van der Waals surface area contributed by atoms with Crippen LogP contribution in [0.3, 0.4) is 0 Å². The van der Waals surface area contributed by atoms with E-state index in [0.29, 0.717) is 5.52 Å². The number of benzene rings is 2. The summed E-state index contributed by atoms with van der Waals surface area (Å²) < 4.78 is 27.7. The van der Waals surface area contributed by atoms with Crippen LogP contribution in [-0.2, 0) is 16.9 Å². The average molecular weight is 360 g/mol. The van der Waals surface area contributed by atoms with Crippen molar-refractivity contribution in [2.24, 2.45) is 7.05 Å². The summed E-state index contributed by atoms with van der Waals surface area (Å²) in [5.41, 5.74) is 0.603. The van der Waals surface area contributed by atoms with Crippen LogP contribution in [0.1, 0.15) is 24.2 Å². The van der Waals surface area contributed by atoms with Gasteiger partial charge in [0.25, 0.3) is 5.69 Å². The monoisotopic (exact) mass is 360 g/mol. The molecule has 130 valence electrons. The van der Waals surface area contributed by atoms with Crippen LogP contribution in [0.4, 0.5) is 5.69 Å². The smallest absolute Gasteiger partial charge is 0.258 e. The summed E-state index contributed by atoms with van der Waals surface area (Å²) in [6, 6.07) is 10.8. The van der Waals surface area contributed by atoms with Gasteiger partial charge in [-0.1, -0.05) is 30.3 Å². The van der Waals surface area contributed by atoms with E-state index in [1.165, 1.54) is 28.9 Å². The summed E-state index contributed by atoms with van der Waals surface area (Å²) in [5, 5.41) is 18.3. The van der Waals surface area contributed by atoms with Gasteiger partial charge in [-0.05, 0) is 24.6 Å². The summed E-state index contributed by atoms with van der Waals surface area (Å²) in [6.45, 7) is 1.68. The Bertz CT molecular complexity index is 1040. The number of aromatic nitrogens is 3. The van der Waals surface area contributed by atoms with E-state index in [-0.39, 0.29) is 28.1 Å². The molecule has 3 rings (SSSR count). The predicted molar refractivity (Wildman–Crippen MR) is 91.8 cm³/mol. The zero-order valence-corrected chi connectivity index (χ0v) is 14.5. The normalized spacial score (nSPS) is 13.0. The first-order valence-corrected chi connectivity index (χ1v) is 9.18. The van der Waals surface area contributed by atoms with Gasteiger partial charge in [-0.25, -0.2) is 13.1 Å². The first kappa shape index (κ1) is 17.0. The Labute approximate surface area is 144 Å². The number of aryl methyl sites for hydroxylation is 1. The Hall–Kier alpha value is -2.81. The molecule has 0 bridgehead atoms. The van der Waals surface area contributed by atoms with Gasteiger partial charge < -0.3 is 0 Å². The molecule has 0 radical (unpaired) electrons. The minimum absolute atomic E-state index is 0.0851. The molecule has 0 N–H and O–H groups in total. The summed E-state index contributed by atoms with van der Waals surface area (Å²) in [5.74, 6) is 0. The molecular weight excluding hydrogens is 344 g/mol. The van der Waals surface area contributed by atoms with Crippen LogP contribution >= 0.6 is 0 Å². The lowest BCUT2D eigenvalue weighted by molar-refractivity contribution is -0.385. The fourth-order valence-electron chi connectivity index (χ4n) is 2.94. The fraction of sp³-hybridized carbons (Fsp3) is 0.250. The molecule has 25 heavy (non-hydrogen) atoms. The molecule has 2 aromatic carbocycles. The molecule has 1 unspecified atom stereocenters. The number of nitrogens with zero attached hydrogens (tertiary/aromatic N) is 4. The molecule has 1 aromatic heterocycles. The number of hydrogen-bond donors (Lipinski definition) is 0. The zero-order valence-electron chi connectivity index (χ0n) is 13.7. The number of fused-ring (bicyclic) bond motifs is 1. The van der Waals surface area contributed by atoms with E-state index in [1.807, 2.05) is 0 Å². The van der Waals surface area contributed by atoms with Gasteiger partial charge in [-0.3, -0.25) is 10.1 Å². The van der Waals surface area contributed by atoms with Crippen LogP contribution in [0, 0.1) is 10.1 Å². The Morgan fingerprint density at radius 2 is 1.88 bits per heavy atom. The maximum atomic E-state index is 13.1. The molecule has 8 nitrogen and oxygen atoms in total. The average Bonchev–Trinajstić information content (AvgIpc) is 2.97. The number of hydrogen-bond acceptors (Lipinski definition) is 6. The lowest BCUT2D eigenvalue weighted by Gasteiger charge is -2.17. The highest BCUT2D eigenvalue weighted by Gasteiger charge is 2.35. The Balaban J connectivity index is 2.32. The molecule has 0 aliphatic carbocycles. The third-order valence-corrected chi connectivity index (χ3v) is 6.38. The van der Waals surface area contributed by atoms with Crippen molar-refractivity contribution in [3.63, 3.8) is 0 Å². The second-order valence-electron chi connectivity index (χ2n) is 5.59. The van der Waals surface area contributed by atoms with Gasteiger partial charge in [0.15, 0.2) is 9.84 Å². The van der Waals surface area contributed by atoms with Gasteiger partial charge in [0, 0.05) is 13.1 Å². The van der Waals surface area contributed by atoms with Crippen molar-refractivity contribution in [3.8, 4) is 0 Å². The van der Waals surface area contributed by atoms with E-state index in [4.69, 9.17) is 0 Å². The van der Waals surface area contributed by atoms with Crippen molar-refractivity contribution in [2.45, 2.75) is 23.5 Å². The van der Waals surface area contributed by atoms with E-state index < -0.39 is 20.0 Å². The standard InChI is InChI=1S/C16H16N4O4S/c1-3-14(25(23,24)11-7-5-4-6-8-11)15-12(20(21)22)9-10-13-16(15)17-18-19(13)2/h4-10,14H,3H2,1-2H3. The van der Waals surface area contributed by atoms with Crippen LogP contribution < -0.4 is 0 Å². The van der Waals surface area contributed by atoms with Crippen molar-refractivity contribution in [3.05, 3.63) is 58.1 Å². The number of rotatable bonds is 5. The highest BCUT2D eigenvalue weighted by molar-refractivity contribution is 7.91. The molecule has 3 aromatic rings. The molecule has 1 heterocycles. The lowest BCUT2D eigenvalue weighted by Crippen LogP contribution is -2.15. The van der Waals surface area contributed by atoms with E-state index in [9.17, 15) is 18.5 Å². The molecule has 0 aliphatic rings.